The standard InChI is InChI=1S/C7H6ClF3N2O/c8-5-1-4(2-12)3-13-6(5)14-7(9,10)11/h1,3H,2,12H2. The van der Waals surface area contributed by atoms with E-state index in [1.165, 1.54) is 12.3 Å². The van der Waals surface area contributed by atoms with Gasteiger partial charge in [0.25, 0.3) is 0 Å². The molecule has 0 aliphatic rings. The average Bonchev–Trinajstić information content (AvgIpc) is 2.06. The summed E-state index contributed by atoms with van der Waals surface area (Å²) in [5, 5.41) is -0.217. The van der Waals surface area contributed by atoms with Gasteiger partial charge in [-0.05, 0) is 11.6 Å². The van der Waals surface area contributed by atoms with Crippen molar-refractivity contribution >= 4 is 11.6 Å². The SMILES string of the molecule is NCc1cnc(OC(F)(F)F)c(Cl)c1. The van der Waals surface area contributed by atoms with Crippen molar-refractivity contribution in [2.45, 2.75) is 12.9 Å². The molecule has 0 saturated carbocycles. The Morgan fingerprint density at radius 3 is 2.57 bits per heavy atom. The van der Waals surface area contributed by atoms with Crippen LogP contribution in [0.3, 0.4) is 0 Å². The minimum Gasteiger partial charge on any atom is -0.386 e. The Morgan fingerprint density at radius 1 is 1.50 bits per heavy atom. The van der Waals surface area contributed by atoms with Gasteiger partial charge in [-0.25, -0.2) is 4.98 Å². The lowest BCUT2D eigenvalue weighted by Gasteiger charge is -2.09. The lowest BCUT2D eigenvalue weighted by Crippen LogP contribution is -2.18. The number of nitrogens with zero attached hydrogens (tertiary/aromatic N) is 1. The summed E-state index contributed by atoms with van der Waals surface area (Å²) in [6, 6.07) is 1.27. The first kappa shape index (κ1) is 11.1. The summed E-state index contributed by atoms with van der Waals surface area (Å²) in [5.41, 5.74) is 5.77. The molecule has 0 unspecified atom stereocenters. The zero-order valence-corrected chi connectivity index (χ0v) is 7.56. The molecule has 0 saturated heterocycles. The molecule has 0 spiro atoms. The van der Waals surface area contributed by atoms with Gasteiger partial charge in [-0.1, -0.05) is 11.6 Å². The third-order valence-electron chi connectivity index (χ3n) is 1.31. The highest BCUT2D eigenvalue weighted by molar-refractivity contribution is 6.31. The van der Waals surface area contributed by atoms with Gasteiger partial charge in [-0.3, -0.25) is 0 Å². The van der Waals surface area contributed by atoms with E-state index >= 15 is 0 Å². The summed E-state index contributed by atoms with van der Waals surface area (Å²) in [5.74, 6) is -0.670. The quantitative estimate of drug-likeness (QED) is 0.840. The molecular formula is C7H6ClF3N2O. The van der Waals surface area contributed by atoms with Crippen molar-refractivity contribution < 1.29 is 17.9 Å². The molecule has 2 N–H and O–H groups in total. The second-order valence-corrected chi connectivity index (χ2v) is 2.79. The molecule has 0 aliphatic heterocycles. The lowest BCUT2D eigenvalue weighted by atomic mass is 10.3. The zero-order valence-electron chi connectivity index (χ0n) is 6.81. The zero-order chi connectivity index (χ0) is 10.8. The van der Waals surface area contributed by atoms with Gasteiger partial charge >= 0.3 is 6.36 Å². The van der Waals surface area contributed by atoms with Gasteiger partial charge in [0.05, 0.1) is 0 Å². The minimum atomic E-state index is -4.79. The molecule has 0 radical (unpaired) electrons. The molecule has 7 heteroatoms. The monoisotopic (exact) mass is 226 g/mol. The first-order valence-corrected chi connectivity index (χ1v) is 3.90. The van der Waals surface area contributed by atoms with E-state index in [0.29, 0.717) is 5.56 Å². The minimum absolute atomic E-state index is 0.152. The van der Waals surface area contributed by atoms with Crippen molar-refractivity contribution in [1.82, 2.24) is 4.98 Å². The number of ether oxygens (including phenoxy) is 1. The smallest absolute Gasteiger partial charge is 0.386 e. The van der Waals surface area contributed by atoms with Gasteiger partial charge in [0, 0.05) is 12.7 Å². The Morgan fingerprint density at radius 2 is 2.14 bits per heavy atom. The topological polar surface area (TPSA) is 48.1 Å². The van der Waals surface area contributed by atoms with Crippen molar-refractivity contribution in [1.29, 1.82) is 0 Å². The summed E-state index contributed by atoms with van der Waals surface area (Å²) >= 11 is 5.47. The Hall–Kier alpha value is -1.01. The van der Waals surface area contributed by atoms with Gasteiger partial charge in [0.2, 0.25) is 5.88 Å². The van der Waals surface area contributed by atoms with Gasteiger partial charge < -0.3 is 10.5 Å². The summed E-state index contributed by atoms with van der Waals surface area (Å²) < 4.78 is 38.8. The van der Waals surface area contributed by atoms with E-state index in [1.54, 1.807) is 0 Å². The molecule has 3 nitrogen and oxygen atoms in total. The molecule has 0 atom stereocenters. The largest absolute Gasteiger partial charge is 0.574 e. The van der Waals surface area contributed by atoms with Crippen LogP contribution in [0, 0.1) is 0 Å². The molecular weight excluding hydrogens is 221 g/mol. The number of halogens is 4. The fourth-order valence-electron chi connectivity index (χ4n) is 0.761. The Bertz CT molecular complexity index is 329. The first-order valence-electron chi connectivity index (χ1n) is 3.52. The van der Waals surface area contributed by atoms with E-state index in [4.69, 9.17) is 17.3 Å². The van der Waals surface area contributed by atoms with Crippen molar-refractivity contribution in [3.05, 3.63) is 22.8 Å². The maximum absolute atomic E-state index is 11.8. The van der Waals surface area contributed by atoms with E-state index in [9.17, 15) is 13.2 Å². The van der Waals surface area contributed by atoms with Crippen LogP contribution in [-0.2, 0) is 6.54 Å². The molecule has 0 aromatic carbocycles. The van der Waals surface area contributed by atoms with Crippen molar-refractivity contribution in [2.75, 3.05) is 0 Å². The highest BCUT2D eigenvalue weighted by atomic mass is 35.5. The van der Waals surface area contributed by atoms with Crippen LogP contribution in [0.2, 0.25) is 5.02 Å². The van der Waals surface area contributed by atoms with Gasteiger partial charge in [-0.15, -0.1) is 13.2 Å². The average molecular weight is 227 g/mol. The van der Waals surface area contributed by atoms with E-state index in [1.807, 2.05) is 0 Å². The fraction of sp³-hybridized carbons (Fsp3) is 0.286. The van der Waals surface area contributed by atoms with Gasteiger partial charge in [0.15, 0.2) is 0 Å². The predicted octanol–water partition coefficient (Wildman–Crippen LogP) is 2.09. The van der Waals surface area contributed by atoms with Crippen LogP contribution in [0.15, 0.2) is 12.3 Å². The summed E-state index contributed by atoms with van der Waals surface area (Å²) in [7, 11) is 0. The maximum atomic E-state index is 11.8. The van der Waals surface area contributed by atoms with E-state index in [2.05, 4.69) is 9.72 Å². The number of alkyl halides is 3. The number of nitrogens with two attached hydrogens (primary N) is 1. The molecule has 1 aromatic rings. The number of aromatic nitrogens is 1. The molecule has 0 bridgehead atoms. The van der Waals surface area contributed by atoms with Gasteiger partial charge in [0.1, 0.15) is 5.02 Å². The van der Waals surface area contributed by atoms with E-state index in [-0.39, 0.29) is 11.6 Å². The summed E-state index contributed by atoms with van der Waals surface area (Å²) in [6.45, 7) is 0.152. The molecule has 1 rings (SSSR count). The van der Waals surface area contributed by atoms with Crippen molar-refractivity contribution in [2.24, 2.45) is 5.73 Å². The first-order chi connectivity index (χ1) is 6.42. The van der Waals surface area contributed by atoms with Crippen LogP contribution < -0.4 is 10.5 Å². The van der Waals surface area contributed by atoms with E-state index in [0.717, 1.165) is 0 Å². The van der Waals surface area contributed by atoms with Crippen LogP contribution in [0.5, 0.6) is 5.88 Å². The van der Waals surface area contributed by atoms with Crippen LogP contribution in [0.25, 0.3) is 0 Å². The Kier molecular flexibility index (Phi) is 3.17. The number of rotatable bonds is 2. The molecule has 14 heavy (non-hydrogen) atoms. The Balaban J connectivity index is 2.89. The number of hydrogen-bond donors (Lipinski definition) is 1. The molecule has 1 heterocycles. The molecule has 0 amide bonds. The van der Waals surface area contributed by atoms with Crippen LogP contribution in [0.1, 0.15) is 5.56 Å². The lowest BCUT2D eigenvalue weighted by molar-refractivity contribution is -0.276. The maximum Gasteiger partial charge on any atom is 0.574 e. The van der Waals surface area contributed by atoms with Crippen LogP contribution in [0.4, 0.5) is 13.2 Å². The van der Waals surface area contributed by atoms with Gasteiger partial charge in [-0.2, -0.15) is 0 Å². The van der Waals surface area contributed by atoms with Crippen molar-refractivity contribution in [3.63, 3.8) is 0 Å². The summed E-state index contributed by atoms with van der Waals surface area (Å²) in [4.78, 5) is 3.38. The third-order valence-corrected chi connectivity index (χ3v) is 1.58. The van der Waals surface area contributed by atoms with Crippen LogP contribution in [-0.4, -0.2) is 11.3 Å². The second kappa shape index (κ2) is 4.02. The molecule has 0 fully saturated rings. The predicted molar refractivity (Wildman–Crippen MR) is 43.8 cm³/mol. The number of hydrogen-bond acceptors (Lipinski definition) is 3. The highest BCUT2D eigenvalue weighted by Gasteiger charge is 2.32. The summed E-state index contributed by atoms with van der Waals surface area (Å²) in [6.07, 6.45) is -3.62. The fourth-order valence-corrected chi connectivity index (χ4v) is 0.989. The Labute approximate surface area is 82.6 Å². The third kappa shape index (κ3) is 3.04. The molecule has 78 valence electrons. The highest BCUT2D eigenvalue weighted by Crippen LogP contribution is 2.28. The van der Waals surface area contributed by atoms with Crippen LogP contribution >= 0.6 is 11.6 Å². The number of pyridine rings is 1. The molecule has 0 aliphatic carbocycles. The van der Waals surface area contributed by atoms with Crippen molar-refractivity contribution in [3.8, 4) is 5.88 Å². The second-order valence-electron chi connectivity index (χ2n) is 2.38. The normalized spacial score (nSPS) is 11.5. The van der Waals surface area contributed by atoms with E-state index < -0.39 is 12.2 Å². The molecule has 1 aromatic heterocycles.